The second-order valence-corrected chi connectivity index (χ2v) is 4.78. The summed E-state index contributed by atoms with van der Waals surface area (Å²) in [6.45, 7) is 3.72. The zero-order valence-corrected chi connectivity index (χ0v) is 12.1. The number of nitrogens with one attached hydrogen (secondary N) is 1. The van der Waals surface area contributed by atoms with E-state index in [1.165, 1.54) is 11.0 Å². The minimum atomic E-state index is -1.05. The Morgan fingerprint density at radius 1 is 1.43 bits per heavy atom. The zero-order valence-electron chi connectivity index (χ0n) is 12.1. The van der Waals surface area contributed by atoms with Gasteiger partial charge in [0.15, 0.2) is 0 Å². The number of carbonyl (C=O) groups is 2. The average molecular weight is 291 g/mol. The molecule has 0 radical (unpaired) electrons. The van der Waals surface area contributed by atoms with Crippen molar-refractivity contribution in [1.29, 1.82) is 0 Å². The van der Waals surface area contributed by atoms with Gasteiger partial charge < -0.3 is 14.4 Å². The number of H-pyrrole nitrogens is 1. The molecule has 0 aliphatic rings. The molecule has 0 bridgehead atoms. The van der Waals surface area contributed by atoms with Crippen LogP contribution >= 0.6 is 0 Å². The van der Waals surface area contributed by atoms with E-state index in [0.717, 1.165) is 12.1 Å². The summed E-state index contributed by atoms with van der Waals surface area (Å²) in [5, 5.41) is 15.7. The lowest BCUT2D eigenvalue weighted by molar-refractivity contribution is 0.0694. The van der Waals surface area contributed by atoms with Crippen molar-refractivity contribution in [3.8, 4) is 0 Å². The molecule has 0 saturated carbocycles. The van der Waals surface area contributed by atoms with E-state index in [9.17, 15) is 9.59 Å². The molecule has 2 heterocycles. The van der Waals surface area contributed by atoms with Crippen LogP contribution in [0.4, 0.5) is 0 Å². The van der Waals surface area contributed by atoms with Gasteiger partial charge in [-0.25, -0.2) is 4.79 Å². The molecule has 7 nitrogen and oxygen atoms in total. The fourth-order valence-corrected chi connectivity index (χ4v) is 1.99. The Labute approximate surface area is 121 Å². The van der Waals surface area contributed by atoms with E-state index in [0.29, 0.717) is 17.2 Å². The van der Waals surface area contributed by atoms with Crippen LogP contribution in [-0.2, 0) is 13.0 Å². The third-order valence-electron chi connectivity index (χ3n) is 3.17. The van der Waals surface area contributed by atoms with Crippen LogP contribution < -0.4 is 0 Å². The molecule has 2 rings (SSSR count). The predicted molar refractivity (Wildman–Crippen MR) is 74.2 cm³/mol. The van der Waals surface area contributed by atoms with Crippen LogP contribution in [0.5, 0.6) is 0 Å². The second-order valence-electron chi connectivity index (χ2n) is 4.78. The number of carboxylic acid groups (broad SMARTS) is 1. The Bertz CT molecular complexity index is 672. The van der Waals surface area contributed by atoms with E-state index >= 15 is 0 Å². The number of aromatic carboxylic acids is 1. The van der Waals surface area contributed by atoms with Crippen molar-refractivity contribution < 1.29 is 19.1 Å². The van der Waals surface area contributed by atoms with Gasteiger partial charge in [0.2, 0.25) is 0 Å². The van der Waals surface area contributed by atoms with Gasteiger partial charge >= 0.3 is 5.97 Å². The average Bonchev–Trinajstić information content (AvgIpc) is 3.04. The summed E-state index contributed by atoms with van der Waals surface area (Å²) in [6.07, 6.45) is 0.767. The Morgan fingerprint density at radius 3 is 2.67 bits per heavy atom. The number of furan rings is 1. The first-order valence-electron chi connectivity index (χ1n) is 6.54. The molecular weight excluding hydrogens is 274 g/mol. The van der Waals surface area contributed by atoms with Crippen LogP contribution in [0.2, 0.25) is 0 Å². The van der Waals surface area contributed by atoms with Gasteiger partial charge in [-0.15, -0.1) is 0 Å². The Morgan fingerprint density at radius 2 is 2.14 bits per heavy atom. The van der Waals surface area contributed by atoms with Crippen molar-refractivity contribution in [1.82, 2.24) is 15.1 Å². The largest absolute Gasteiger partial charge is 0.478 e. The van der Waals surface area contributed by atoms with E-state index in [1.807, 2.05) is 6.92 Å². The quantitative estimate of drug-likeness (QED) is 0.875. The molecule has 7 heteroatoms. The van der Waals surface area contributed by atoms with Gasteiger partial charge in [0, 0.05) is 12.7 Å². The van der Waals surface area contributed by atoms with E-state index < -0.39 is 5.97 Å². The number of carbonyl (C=O) groups excluding carboxylic acids is 1. The minimum Gasteiger partial charge on any atom is -0.478 e. The molecule has 0 saturated heterocycles. The summed E-state index contributed by atoms with van der Waals surface area (Å²) < 4.78 is 5.36. The number of hydrogen-bond donors (Lipinski definition) is 2. The van der Waals surface area contributed by atoms with Gasteiger partial charge in [-0.05, 0) is 25.5 Å². The Kier molecular flexibility index (Phi) is 4.11. The molecule has 0 atom stereocenters. The fourth-order valence-electron chi connectivity index (χ4n) is 1.99. The van der Waals surface area contributed by atoms with Crippen LogP contribution in [0, 0.1) is 6.92 Å². The molecule has 0 aromatic carbocycles. The van der Waals surface area contributed by atoms with Crippen LogP contribution in [0.3, 0.4) is 0 Å². The third-order valence-corrected chi connectivity index (χ3v) is 3.17. The number of rotatable bonds is 5. The maximum absolute atomic E-state index is 12.2. The maximum Gasteiger partial charge on any atom is 0.339 e. The second kappa shape index (κ2) is 5.82. The number of amides is 1. The molecule has 1 amide bonds. The summed E-state index contributed by atoms with van der Waals surface area (Å²) in [5.74, 6) is -0.549. The monoisotopic (exact) mass is 291 g/mol. The van der Waals surface area contributed by atoms with E-state index in [-0.39, 0.29) is 18.0 Å². The van der Waals surface area contributed by atoms with Crippen molar-refractivity contribution in [2.45, 2.75) is 26.8 Å². The maximum atomic E-state index is 12.2. The molecule has 2 aromatic heterocycles. The number of hydrogen-bond acceptors (Lipinski definition) is 4. The number of carboxylic acids is 1. The molecule has 0 aliphatic carbocycles. The molecule has 2 aromatic rings. The summed E-state index contributed by atoms with van der Waals surface area (Å²) >= 11 is 0. The van der Waals surface area contributed by atoms with Gasteiger partial charge in [-0.1, -0.05) is 6.92 Å². The summed E-state index contributed by atoms with van der Waals surface area (Å²) in [6, 6.07) is 3.14. The van der Waals surface area contributed by atoms with Crippen molar-refractivity contribution in [3.05, 3.63) is 40.6 Å². The highest BCUT2D eigenvalue weighted by atomic mass is 16.4. The molecule has 21 heavy (non-hydrogen) atoms. The molecule has 0 aliphatic heterocycles. The van der Waals surface area contributed by atoms with Crippen LogP contribution in [-0.4, -0.2) is 39.1 Å². The number of nitrogens with zero attached hydrogens (tertiary/aromatic N) is 2. The Hall–Kier alpha value is -2.57. The lowest BCUT2D eigenvalue weighted by Gasteiger charge is -2.13. The van der Waals surface area contributed by atoms with E-state index in [2.05, 4.69) is 10.2 Å². The highest BCUT2D eigenvalue weighted by Gasteiger charge is 2.19. The van der Waals surface area contributed by atoms with E-state index in [1.54, 1.807) is 20.0 Å². The fraction of sp³-hybridized carbons (Fsp3) is 0.357. The highest BCUT2D eigenvalue weighted by molar-refractivity contribution is 5.92. The van der Waals surface area contributed by atoms with Gasteiger partial charge in [0.05, 0.1) is 6.54 Å². The van der Waals surface area contributed by atoms with Gasteiger partial charge in [0.1, 0.15) is 22.8 Å². The number of aromatic amines is 1. The SMILES string of the molecule is CCc1cc(C(=O)N(C)Cc2cc(C(=O)O)c(C)o2)n[nH]1. The lowest BCUT2D eigenvalue weighted by atomic mass is 10.2. The van der Waals surface area contributed by atoms with Crippen molar-refractivity contribution in [2.24, 2.45) is 0 Å². The highest BCUT2D eigenvalue weighted by Crippen LogP contribution is 2.16. The molecule has 2 N–H and O–H groups in total. The normalized spacial score (nSPS) is 10.6. The topological polar surface area (TPSA) is 99.4 Å². The minimum absolute atomic E-state index is 0.110. The first-order chi connectivity index (χ1) is 9.92. The molecule has 0 spiro atoms. The number of aromatic nitrogens is 2. The Balaban J connectivity index is 2.10. The molecule has 0 unspecified atom stereocenters. The predicted octanol–water partition coefficient (Wildman–Crippen LogP) is 1.84. The zero-order chi connectivity index (χ0) is 15.6. The number of aryl methyl sites for hydroxylation is 2. The lowest BCUT2D eigenvalue weighted by Crippen LogP contribution is -2.26. The van der Waals surface area contributed by atoms with E-state index in [4.69, 9.17) is 9.52 Å². The van der Waals surface area contributed by atoms with Gasteiger partial charge in [-0.2, -0.15) is 5.10 Å². The van der Waals surface area contributed by atoms with Crippen molar-refractivity contribution in [3.63, 3.8) is 0 Å². The third kappa shape index (κ3) is 3.13. The molecule has 112 valence electrons. The molecule has 0 fully saturated rings. The van der Waals surface area contributed by atoms with Crippen LogP contribution in [0.25, 0.3) is 0 Å². The molecular formula is C14H17N3O4. The summed E-state index contributed by atoms with van der Waals surface area (Å²) in [5.41, 5.74) is 1.32. The smallest absolute Gasteiger partial charge is 0.339 e. The van der Waals surface area contributed by atoms with Crippen molar-refractivity contribution >= 4 is 11.9 Å². The first-order valence-corrected chi connectivity index (χ1v) is 6.54. The van der Waals surface area contributed by atoms with Crippen molar-refractivity contribution in [2.75, 3.05) is 7.05 Å². The van der Waals surface area contributed by atoms with Gasteiger partial charge in [0.25, 0.3) is 5.91 Å². The first kappa shape index (κ1) is 14.8. The summed E-state index contributed by atoms with van der Waals surface area (Å²) in [7, 11) is 1.61. The van der Waals surface area contributed by atoms with Crippen LogP contribution in [0.15, 0.2) is 16.5 Å². The standard InChI is InChI=1S/C14H17N3O4/c1-4-9-5-12(16-15-9)13(18)17(3)7-10-6-11(14(19)20)8(2)21-10/h5-6H,4,7H2,1-3H3,(H,15,16)(H,19,20). The van der Waals surface area contributed by atoms with Gasteiger partial charge in [-0.3, -0.25) is 9.89 Å². The van der Waals surface area contributed by atoms with Crippen LogP contribution in [0.1, 0.15) is 45.0 Å². The summed E-state index contributed by atoms with van der Waals surface area (Å²) in [4.78, 5) is 24.6.